The van der Waals surface area contributed by atoms with Crippen LogP contribution in [0.4, 0.5) is 5.69 Å². The molecule has 0 aliphatic carbocycles. The van der Waals surface area contributed by atoms with Gasteiger partial charge in [0, 0.05) is 24.1 Å². The highest BCUT2D eigenvalue weighted by atomic mass is 79.9. The first-order valence-electron chi connectivity index (χ1n) is 5.48. The molecule has 4 nitrogen and oxygen atoms in total. The Labute approximate surface area is 110 Å². The summed E-state index contributed by atoms with van der Waals surface area (Å²) in [6.45, 7) is 3.66. The predicted molar refractivity (Wildman–Crippen MR) is 72.9 cm³/mol. The third kappa shape index (κ3) is 2.81. The maximum absolute atomic E-state index is 12.1. The Balaban J connectivity index is 2.39. The van der Waals surface area contributed by atoms with Crippen molar-refractivity contribution in [3.63, 3.8) is 0 Å². The Morgan fingerprint density at radius 1 is 1.35 bits per heavy atom. The second kappa shape index (κ2) is 4.96. The first-order valence-corrected chi connectivity index (χ1v) is 7.88. The fourth-order valence-electron chi connectivity index (χ4n) is 1.83. The van der Waals surface area contributed by atoms with Gasteiger partial charge in [-0.05, 0) is 30.7 Å². The summed E-state index contributed by atoms with van der Waals surface area (Å²) in [6, 6.07) is 5.62. The number of nitrogens with zero attached hydrogens (tertiary/aromatic N) is 1. The molecular weight excluding hydrogens is 304 g/mol. The fourth-order valence-corrected chi connectivity index (χ4v) is 3.50. The van der Waals surface area contributed by atoms with E-state index < -0.39 is 10.0 Å². The maximum atomic E-state index is 12.1. The molecule has 1 aromatic rings. The fraction of sp³-hybridized carbons (Fsp3) is 0.455. The lowest BCUT2D eigenvalue weighted by molar-refractivity contribution is 0.594. The minimum Gasteiger partial charge on any atom is -0.314 e. The van der Waals surface area contributed by atoms with Crippen molar-refractivity contribution in [2.75, 3.05) is 29.7 Å². The summed E-state index contributed by atoms with van der Waals surface area (Å²) in [5, 5.41) is 3.10. The number of aryl methyl sites for hydroxylation is 1. The highest BCUT2D eigenvalue weighted by Gasteiger charge is 2.24. The van der Waals surface area contributed by atoms with Crippen LogP contribution < -0.4 is 9.62 Å². The van der Waals surface area contributed by atoms with Crippen molar-refractivity contribution >= 4 is 31.6 Å². The molecule has 0 saturated carbocycles. The van der Waals surface area contributed by atoms with E-state index in [1.807, 2.05) is 25.1 Å². The quantitative estimate of drug-likeness (QED) is 0.853. The molecule has 0 radical (unpaired) electrons. The Bertz CT molecular complexity index is 516. The summed E-state index contributed by atoms with van der Waals surface area (Å²) in [4.78, 5) is 0. The van der Waals surface area contributed by atoms with Crippen molar-refractivity contribution in [1.82, 2.24) is 5.32 Å². The molecular formula is C11H15BrN2O2S. The van der Waals surface area contributed by atoms with Crippen LogP contribution in [0.5, 0.6) is 0 Å². The average Bonchev–Trinajstić information content (AvgIpc) is 2.43. The largest absolute Gasteiger partial charge is 0.314 e. The van der Waals surface area contributed by atoms with Gasteiger partial charge in [-0.25, -0.2) is 8.42 Å². The van der Waals surface area contributed by atoms with Crippen LogP contribution in [0.2, 0.25) is 0 Å². The number of hydrogen-bond donors (Lipinski definition) is 1. The summed E-state index contributed by atoms with van der Waals surface area (Å²) in [7, 11) is -3.19. The van der Waals surface area contributed by atoms with Gasteiger partial charge in [-0.15, -0.1) is 0 Å². The van der Waals surface area contributed by atoms with Crippen LogP contribution in [0.25, 0.3) is 0 Å². The molecule has 2 rings (SSSR count). The molecule has 1 aliphatic heterocycles. The molecule has 0 unspecified atom stereocenters. The second-order valence-corrected chi connectivity index (χ2v) is 6.94. The molecule has 0 aromatic heterocycles. The monoisotopic (exact) mass is 318 g/mol. The van der Waals surface area contributed by atoms with Gasteiger partial charge >= 0.3 is 0 Å². The summed E-state index contributed by atoms with van der Waals surface area (Å²) >= 11 is 3.42. The van der Waals surface area contributed by atoms with Crippen LogP contribution in [0.3, 0.4) is 0 Å². The van der Waals surface area contributed by atoms with E-state index in [0.717, 1.165) is 15.7 Å². The number of sulfonamides is 1. The number of rotatable bonds is 1. The molecule has 0 spiro atoms. The Morgan fingerprint density at radius 3 is 2.82 bits per heavy atom. The third-order valence-corrected chi connectivity index (χ3v) is 5.47. The number of anilines is 1. The molecule has 1 N–H and O–H groups in total. The predicted octanol–water partition coefficient (Wildman–Crippen LogP) is 1.50. The summed E-state index contributed by atoms with van der Waals surface area (Å²) < 4.78 is 26.6. The van der Waals surface area contributed by atoms with Crippen LogP contribution >= 0.6 is 15.9 Å². The first-order chi connectivity index (χ1) is 8.00. The van der Waals surface area contributed by atoms with E-state index in [0.29, 0.717) is 19.6 Å². The zero-order valence-electron chi connectivity index (χ0n) is 9.61. The van der Waals surface area contributed by atoms with E-state index in [2.05, 4.69) is 21.2 Å². The lowest BCUT2D eigenvalue weighted by atomic mass is 10.2. The van der Waals surface area contributed by atoms with E-state index in [4.69, 9.17) is 0 Å². The lowest BCUT2D eigenvalue weighted by Crippen LogP contribution is -2.33. The van der Waals surface area contributed by atoms with Gasteiger partial charge in [-0.3, -0.25) is 4.31 Å². The minimum absolute atomic E-state index is 0.155. The molecule has 17 heavy (non-hydrogen) atoms. The van der Waals surface area contributed by atoms with Gasteiger partial charge in [-0.2, -0.15) is 0 Å². The maximum Gasteiger partial charge on any atom is 0.236 e. The van der Waals surface area contributed by atoms with E-state index in [1.165, 1.54) is 4.31 Å². The molecule has 1 aliphatic rings. The molecule has 1 aromatic carbocycles. The number of hydrogen-bond acceptors (Lipinski definition) is 3. The molecule has 1 saturated heterocycles. The van der Waals surface area contributed by atoms with Crippen molar-refractivity contribution in [3.05, 3.63) is 28.2 Å². The molecule has 0 amide bonds. The van der Waals surface area contributed by atoms with E-state index in [9.17, 15) is 8.42 Å². The van der Waals surface area contributed by atoms with Crippen molar-refractivity contribution in [2.24, 2.45) is 0 Å². The molecule has 94 valence electrons. The van der Waals surface area contributed by atoms with Crippen LogP contribution in [-0.4, -0.2) is 33.8 Å². The summed E-state index contributed by atoms with van der Waals surface area (Å²) in [6.07, 6.45) is 0. The third-order valence-electron chi connectivity index (χ3n) is 2.79. The highest BCUT2D eigenvalue weighted by molar-refractivity contribution is 9.10. The zero-order chi connectivity index (χ0) is 12.5. The highest BCUT2D eigenvalue weighted by Crippen LogP contribution is 2.25. The van der Waals surface area contributed by atoms with Crippen LogP contribution in [0.15, 0.2) is 22.7 Å². The zero-order valence-corrected chi connectivity index (χ0v) is 12.0. The molecule has 6 heteroatoms. The minimum atomic E-state index is -3.19. The van der Waals surface area contributed by atoms with Crippen molar-refractivity contribution in [2.45, 2.75) is 6.92 Å². The smallest absolute Gasteiger partial charge is 0.236 e. The summed E-state index contributed by atoms with van der Waals surface area (Å²) in [5.74, 6) is 0.155. The standard InChI is InChI=1S/C11H15BrN2O2S/c1-9-8-10(2-3-11(9)12)14-6-4-13-5-7-17(14,15)16/h2-3,8,13H,4-7H2,1H3. The molecule has 0 bridgehead atoms. The number of nitrogens with one attached hydrogen (secondary N) is 1. The van der Waals surface area contributed by atoms with Gasteiger partial charge < -0.3 is 5.32 Å². The Morgan fingerprint density at radius 2 is 2.12 bits per heavy atom. The van der Waals surface area contributed by atoms with Crippen LogP contribution in [0, 0.1) is 6.92 Å². The van der Waals surface area contributed by atoms with Gasteiger partial charge in [0.1, 0.15) is 0 Å². The van der Waals surface area contributed by atoms with Crippen LogP contribution in [0.1, 0.15) is 5.56 Å². The van der Waals surface area contributed by atoms with Crippen molar-refractivity contribution < 1.29 is 8.42 Å². The van der Waals surface area contributed by atoms with Crippen LogP contribution in [-0.2, 0) is 10.0 Å². The van der Waals surface area contributed by atoms with Crippen molar-refractivity contribution in [1.29, 1.82) is 0 Å². The molecule has 0 atom stereocenters. The topological polar surface area (TPSA) is 49.4 Å². The SMILES string of the molecule is Cc1cc(N2CCNCCS2(=O)=O)ccc1Br. The Hall–Kier alpha value is -0.590. The number of halogens is 1. The van der Waals surface area contributed by atoms with Gasteiger partial charge in [0.05, 0.1) is 11.4 Å². The van der Waals surface area contributed by atoms with Crippen molar-refractivity contribution in [3.8, 4) is 0 Å². The van der Waals surface area contributed by atoms with Gasteiger partial charge in [0.25, 0.3) is 0 Å². The Kier molecular flexibility index (Phi) is 3.75. The van der Waals surface area contributed by atoms with E-state index in [-0.39, 0.29) is 5.75 Å². The van der Waals surface area contributed by atoms with E-state index >= 15 is 0 Å². The van der Waals surface area contributed by atoms with Gasteiger partial charge in [0.2, 0.25) is 10.0 Å². The average molecular weight is 319 g/mol. The number of benzene rings is 1. The summed E-state index contributed by atoms with van der Waals surface area (Å²) in [5.41, 5.74) is 1.78. The van der Waals surface area contributed by atoms with E-state index in [1.54, 1.807) is 0 Å². The molecule has 1 fully saturated rings. The first kappa shape index (κ1) is 12.9. The van der Waals surface area contributed by atoms with Gasteiger partial charge in [0.15, 0.2) is 0 Å². The normalized spacial score (nSPS) is 20.0. The lowest BCUT2D eigenvalue weighted by Gasteiger charge is -2.22. The van der Waals surface area contributed by atoms with Gasteiger partial charge in [-0.1, -0.05) is 15.9 Å². The second-order valence-electron chi connectivity index (χ2n) is 4.07. The molecule has 1 heterocycles.